The van der Waals surface area contributed by atoms with E-state index >= 15 is 4.39 Å². The Kier molecular flexibility index (Phi) is 4.38. The highest BCUT2D eigenvalue weighted by atomic mass is 19.1. The summed E-state index contributed by atoms with van der Waals surface area (Å²) in [7, 11) is 0. The van der Waals surface area contributed by atoms with E-state index in [1.165, 1.54) is 12.2 Å². The number of fused-ring (bicyclic) bond motifs is 7. The van der Waals surface area contributed by atoms with Gasteiger partial charge < -0.3 is 19.7 Å². The molecule has 0 unspecified atom stereocenters. The lowest BCUT2D eigenvalue weighted by atomic mass is 9.46. The highest BCUT2D eigenvalue weighted by Gasteiger charge is 2.77. The Balaban J connectivity index is 1.62. The third-order valence-corrected chi connectivity index (χ3v) is 9.03. The minimum atomic E-state index is -1.37. The summed E-state index contributed by atoms with van der Waals surface area (Å²) < 4.78 is 27.9. The third kappa shape index (κ3) is 2.52. The van der Waals surface area contributed by atoms with Gasteiger partial charge in [-0.3, -0.25) is 9.59 Å². The molecule has 3 saturated carbocycles. The largest absolute Gasteiger partial charge is 0.393 e. The van der Waals surface area contributed by atoms with Gasteiger partial charge in [0.05, 0.1) is 12.2 Å². The molecule has 0 amide bonds. The number of ketones is 2. The number of carbonyl (C=O) groups is 2. The number of hydrogen-bond donors (Lipinski definition) is 2. The number of halogens is 1. The van der Waals surface area contributed by atoms with Gasteiger partial charge in [-0.05, 0) is 62.7 Å². The number of carbonyl (C=O) groups excluding carboxylic acids is 2. The molecule has 9 atom stereocenters. The molecule has 0 bridgehead atoms. The standard InChI is InChI=1S/C24H31FO6/c1-21(2)30-19-9-14-13-8-16(25)15-7-12(27)5-6-22(15,3)20(13)17(28)10-23(14,4)24(19,31-21)18(29)11-26/h5-7,13-14,16-17,19-20,26,28H,8-11H2,1-4H3/t13-,14-,16+,17-,19-,20+,22+,23+,24-/m1/s1. The first-order valence-electron chi connectivity index (χ1n) is 11.2. The molecule has 6 nitrogen and oxygen atoms in total. The Hall–Kier alpha value is -1.41. The second kappa shape index (κ2) is 6.34. The highest BCUT2D eigenvalue weighted by molar-refractivity contribution is 6.01. The smallest absolute Gasteiger partial charge is 0.193 e. The maximum atomic E-state index is 15.4. The molecular weight excluding hydrogens is 403 g/mol. The molecule has 0 aromatic carbocycles. The molecule has 31 heavy (non-hydrogen) atoms. The first-order chi connectivity index (χ1) is 14.4. The van der Waals surface area contributed by atoms with Gasteiger partial charge in [-0.15, -0.1) is 0 Å². The maximum absolute atomic E-state index is 15.4. The molecule has 1 aliphatic heterocycles. The van der Waals surface area contributed by atoms with Crippen molar-refractivity contribution in [2.24, 2.45) is 28.6 Å². The number of alkyl halides is 1. The predicted octanol–water partition coefficient (Wildman–Crippen LogP) is 2.27. The number of allylic oxidation sites excluding steroid dienone is 4. The van der Waals surface area contributed by atoms with Crippen LogP contribution in [0.15, 0.2) is 23.8 Å². The molecule has 4 fully saturated rings. The van der Waals surface area contributed by atoms with Crippen LogP contribution in [0.4, 0.5) is 4.39 Å². The average Bonchev–Trinajstić information content (AvgIpc) is 3.08. The van der Waals surface area contributed by atoms with E-state index in [1.807, 2.05) is 13.8 Å². The summed E-state index contributed by atoms with van der Waals surface area (Å²) in [5.74, 6) is -2.28. The first kappa shape index (κ1) is 21.4. The molecule has 0 spiro atoms. The summed E-state index contributed by atoms with van der Waals surface area (Å²) >= 11 is 0. The van der Waals surface area contributed by atoms with Crippen LogP contribution in [-0.4, -0.2) is 58.2 Å². The Labute approximate surface area is 181 Å². The number of hydrogen-bond acceptors (Lipinski definition) is 6. The zero-order valence-electron chi connectivity index (χ0n) is 18.4. The summed E-state index contributed by atoms with van der Waals surface area (Å²) in [6.07, 6.45) is 2.90. The molecule has 7 heteroatoms. The summed E-state index contributed by atoms with van der Waals surface area (Å²) in [6.45, 7) is 6.65. The van der Waals surface area contributed by atoms with Gasteiger partial charge in [0.1, 0.15) is 12.8 Å². The second-order valence-electron chi connectivity index (χ2n) is 11.0. The van der Waals surface area contributed by atoms with E-state index in [1.54, 1.807) is 19.9 Å². The van der Waals surface area contributed by atoms with Gasteiger partial charge in [-0.25, -0.2) is 4.39 Å². The average molecular weight is 435 g/mol. The van der Waals surface area contributed by atoms with E-state index in [2.05, 4.69) is 0 Å². The number of ether oxygens (including phenoxy) is 2. The Morgan fingerprint density at radius 3 is 2.65 bits per heavy atom. The fourth-order valence-electron chi connectivity index (χ4n) is 8.05. The second-order valence-corrected chi connectivity index (χ2v) is 11.0. The molecule has 0 aromatic heterocycles. The summed E-state index contributed by atoms with van der Waals surface area (Å²) in [4.78, 5) is 25.1. The van der Waals surface area contributed by atoms with E-state index in [-0.39, 0.29) is 36.4 Å². The monoisotopic (exact) mass is 434 g/mol. The molecule has 170 valence electrons. The predicted molar refractivity (Wildman–Crippen MR) is 109 cm³/mol. The normalized spacial score (nSPS) is 52.1. The van der Waals surface area contributed by atoms with Crippen molar-refractivity contribution >= 4 is 11.6 Å². The van der Waals surface area contributed by atoms with Crippen LogP contribution in [0.2, 0.25) is 0 Å². The topological polar surface area (TPSA) is 93.1 Å². The summed E-state index contributed by atoms with van der Waals surface area (Å²) in [6, 6.07) is 0. The lowest BCUT2D eigenvalue weighted by Crippen LogP contribution is -2.64. The minimum Gasteiger partial charge on any atom is -0.393 e. The van der Waals surface area contributed by atoms with Crippen LogP contribution < -0.4 is 0 Å². The lowest BCUT2D eigenvalue weighted by Gasteiger charge is -2.60. The molecule has 5 rings (SSSR count). The Morgan fingerprint density at radius 2 is 1.97 bits per heavy atom. The van der Waals surface area contributed by atoms with Gasteiger partial charge in [-0.1, -0.05) is 19.9 Å². The van der Waals surface area contributed by atoms with Gasteiger partial charge in [0.2, 0.25) is 0 Å². The zero-order chi connectivity index (χ0) is 22.6. The number of Topliss-reactive ketones (excluding diaryl/α,β-unsaturated/α-hetero) is 1. The maximum Gasteiger partial charge on any atom is 0.193 e. The van der Waals surface area contributed by atoms with Crippen molar-refractivity contribution < 1.29 is 33.7 Å². The van der Waals surface area contributed by atoms with E-state index < -0.39 is 53.0 Å². The lowest BCUT2D eigenvalue weighted by molar-refractivity contribution is -0.226. The van der Waals surface area contributed by atoms with Crippen molar-refractivity contribution in [2.45, 2.75) is 76.7 Å². The number of aliphatic hydroxyl groups is 2. The quantitative estimate of drug-likeness (QED) is 0.693. The molecule has 4 aliphatic carbocycles. The SMILES string of the molecule is CC1(C)O[C@@H]2C[C@@H]3[C@H]4C[C@H](F)C5=CC(=O)C=C[C@]5(C)[C@@H]4[C@H](O)C[C@]3(C)[C@]2(C(=O)CO)O1. The fourth-order valence-corrected chi connectivity index (χ4v) is 8.05. The van der Waals surface area contributed by atoms with Gasteiger partial charge >= 0.3 is 0 Å². The first-order valence-corrected chi connectivity index (χ1v) is 11.2. The number of rotatable bonds is 2. The van der Waals surface area contributed by atoms with E-state index in [4.69, 9.17) is 9.47 Å². The van der Waals surface area contributed by atoms with Crippen LogP contribution in [0.5, 0.6) is 0 Å². The van der Waals surface area contributed by atoms with Crippen molar-refractivity contribution in [1.82, 2.24) is 0 Å². The van der Waals surface area contributed by atoms with Crippen molar-refractivity contribution in [3.63, 3.8) is 0 Å². The van der Waals surface area contributed by atoms with Gasteiger partial charge in [-0.2, -0.15) is 0 Å². The van der Waals surface area contributed by atoms with Crippen LogP contribution in [0.3, 0.4) is 0 Å². The van der Waals surface area contributed by atoms with Crippen molar-refractivity contribution in [2.75, 3.05) is 6.61 Å². The van der Waals surface area contributed by atoms with Crippen molar-refractivity contribution in [3.8, 4) is 0 Å². The Bertz CT molecular complexity index is 910. The molecule has 0 radical (unpaired) electrons. The van der Waals surface area contributed by atoms with Crippen LogP contribution in [-0.2, 0) is 19.1 Å². The van der Waals surface area contributed by atoms with Gasteiger partial charge in [0.25, 0.3) is 0 Å². The van der Waals surface area contributed by atoms with Crippen LogP contribution in [0, 0.1) is 28.6 Å². The molecule has 0 aromatic rings. The molecule has 5 aliphatic rings. The summed E-state index contributed by atoms with van der Waals surface area (Å²) in [5.41, 5.74) is -2.50. The summed E-state index contributed by atoms with van der Waals surface area (Å²) in [5, 5.41) is 21.3. The zero-order valence-corrected chi connectivity index (χ0v) is 18.4. The van der Waals surface area contributed by atoms with E-state index in [0.717, 1.165) is 0 Å². The molecule has 1 heterocycles. The van der Waals surface area contributed by atoms with E-state index in [9.17, 15) is 19.8 Å². The van der Waals surface area contributed by atoms with E-state index in [0.29, 0.717) is 12.0 Å². The Morgan fingerprint density at radius 1 is 1.26 bits per heavy atom. The fraction of sp³-hybridized carbons (Fsp3) is 0.750. The molecule has 2 N–H and O–H groups in total. The highest BCUT2D eigenvalue weighted by Crippen LogP contribution is 2.70. The minimum absolute atomic E-state index is 0.125. The van der Waals surface area contributed by atoms with Crippen molar-refractivity contribution in [3.05, 3.63) is 23.8 Å². The third-order valence-electron chi connectivity index (χ3n) is 9.03. The van der Waals surface area contributed by atoms with Crippen LogP contribution in [0.1, 0.15) is 47.0 Å². The van der Waals surface area contributed by atoms with Gasteiger partial charge in [0.15, 0.2) is 23.0 Å². The van der Waals surface area contributed by atoms with Crippen molar-refractivity contribution in [1.29, 1.82) is 0 Å². The van der Waals surface area contributed by atoms with Crippen LogP contribution >= 0.6 is 0 Å². The molecule has 1 saturated heterocycles. The van der Waals surface area contributed by atoms with Crippen LogP contribution in [0.25, 0.3) is 0 Å². The number of aliphatic hydroxyl groups excluding tert-OH is 2. The molecular formula is C24H31FO6. The van der Waals surface area contributed by atoms with Gasteiger partial charge in [0, 0.05) is 16.7 Å².